The van der Waals surface area contributed by atoms with Crippen molar-refractivity contribution in [2.75, 3.05) is 6.61 Å². The lowest BCUT2D eigenvalue weighted by atomic mass is 10.0. The highest BCUT2D eigenvalue weighted by Crippen LogP contribution is 2.47. The van der Waals surface area contributed by atoms with E-state index in [4.69, 9.17) is 37.8 Å². The van der Waals surface area contributed by atoms with Crippen molar-refractivity contribution in [3.63, 3.8) is 0 Å². The molecule has 0 bridgehead atoms. The van der Waals surface area contributed by atoms with Gasteiger partial charge in [0, 0.05) is 17.2 Å². The highest BCUT2D eigenvalue weighted by molar-refractivity contribution is 6.39. The summed E-state index contributed by atoms with van der Waals surface area (Å²) >= 11 is 12.3. The second kappa shape index (κ2) is 5.13. The molecular weight excluding hydrogens is 306 g/mol. The van der Waals surface area contributed by atoms with Crippen LogP contribution in [0.4, 0.5) is 4.39 Å². The van der Waals surface area contributed by atoms with Gasteiger partial charge in [-0.25, -0.2) is 4.39 Å². The molecule has 104 valence electrons. The molecule has 0 fully saturated rings. The quantitative estimate of drug-likeness (QED) is 0.914. The predicted molar refractivity (Wildman–Crippen MR) is 74.0 cm³/mol. The zero-order chi connectivity index (χ0) is 14.3. The molecule has 1 N–H and O–H groups in total. The van der Waals surface area contributed by atoms with Gasteiger partial charge in [-0.05, 0) is 18.2 Å². The number of halogens is 3. The minimum Gasteiger partial charge on any atom is -0.448 e. The summed E-state index contributed by atoms with van der Waals surface area (Å²) in [4.78, 5) is 0. The molecule has 0 aromatic heterocycles. The lowest BCUT2D eigenvalue weighted by Crippen LogP contribution is -2.22. The number of rotatable bonds is 2. The Morgan fingerprint density at radius 3 is 2.50 bits per heavy atom. The van der Waals surface area contributed by atoms with Crippen molar-refractivity contribution in [3.8, 4) is 22.6 Å². The summed E-state index contributed by atoms with van der Waals surface area (Å²) in [6, 6.07) is 7.47. The van der Waals surface area contributed by atoms with Crippen molar-refractivity contribution < 1.29 is 19.0 Å². The molecule has 0 radical (unpaired) electrons. The van der Waals surface area contributed by atoms with E-state index in [-0.39, 0.29) is 12.4 Å². The summed E-state index contributed by atoms with van der Waals surface area (Å²) in [6.07, 6.45) is -0.855. The second-order valence-electron chi connectivity index (χ2n) is 4.23. The van der Waals surface area contributed by atoms with Gasteiger partial charge in [-0.15, -0.1) is 0 Å². The maximum atomic E-state index is 13.7. The highest BCUT2D eigenvalue weighted by atomic mass is 35.5. The SMILES string of the molecule is OCC1Oc2cc(F)cc(-c3c(Cl)cccc3Cl)c2O1. The maximum absolute atomic E-state index is 13.7. The minimum absolute atomic E-state index is 0.218. The van der Waals surface area contributed by atoms with Gasteiger partial charge in [0.1, 0.15) is 12.4 Å². The highest BCUT2D eigenvalue weighted by Gasteiger charge is 2.29. The Labute approximate surface area is 124 Å². The third-order valence-electron chi connectivity index (χ3n) is 2.91. The van der Waals surface area contributed by atoms with E-state index in [1.54, 1.807) is 18.2 Å². The van der Waals surface area contributed by atoms with Crippen LogP contribution < -0.4 is 9.47 Å². The minimum atomic E-state index is -0.855. The van der Waals surface area contributed by atoms with Crippen LogP contribution in [0.25, 0.3) is 11.1 Å². The van der Waals surface area contributed by atoms with E-state index in [2.05, 4.69) is 0 Å². The van der Waals surface area contributed by atoms with E-state index in [1.807, 2.05) is 0 Å². The number of aliphatic hydroxyl groups is 1. The van der Waals surface area contributed by atoms with Gasteiger partial charge >= 0.3 is 0 Å². The van der Waals surface area contributed by atoms with E-state index in [0.29, 0.717) is 26.9 Å². The molecule has 1 heterocycles. The second-order valence-corrected chi connectivity index (χ2v) is 5.04. The van der Waals surface area contributed by atoms with Crippen molar-refractivity contribution in [2.45, 2.75) is 6.29 Å². The van der Waals surface area contributed by atoms with Gasteiger partial charge in [-0.3, -0.25) is 0 Å². The first-order chi connectivity index (χ1) is 9.60. The van der Waals surface area contributed by atoms with E-state index in [9.17, 15) is 4.39 Å². The zero-order valence-electron chi connectivity index (χ0n) is 10.1. The van der Waals surface area contributed by atoms with Crippen LogP contribution >= 0.6 is 23.2 Å². The molecule has 2 aromatic carbocycles. The van der Waals surface area contributed by atoms with E-state index in [0.717, 1.165) is 0 Å². The summed E-state index contributed by atoms with van der Waals surface area (Å²) < 4.78 is 24.4. The summed E-state index contributed by atoms with van der Waals surface area (Å²) in [5, 5.41) is 9.83. The van der Waals surface area contributed by atoms with Crippen LogP contribution in [0, 0.1) is 5.82 Å². The van der Waals surface area contributed by atoms with Crippen LogP contribution in [0.5, 0.6) is 11.5 Å². The lowest BCUT2D eigenvalue weighted by molar-refractivity contribution is -0.000635. The van der Waals surface area contributed by atoms with Crippen LogP contribution in [0.15, 0.2) is 30.3 Å². The first-order valence-corrected chi connectivity index (χ1v) is 6.58. The summed E-state index contributed by atoms with van der Waals surface area (Å²) in [6.45, 7) is -0.341. The Morgan fingerprint density at radius 1 is 1.15 bits per heavy atom. The number of aliphatic hydroxyl groups excluding tert-OH is 1. The molecule has 0 spiro atoms. The van der Waals surface area contributed by atoms with Gasteiger partial charge in [0.2, 0.25) is 0 Å². The van der Waals surface area contributed by atoms with Crippen molar-refractivity contribution in [1.82, 2.24) is 0 Å². The lowest BCUT2D eigenvalue weighted by Gasteiger charge is -2.11. The number of ether oxygens (including phenoxy) is 2. The Balaban J connectivity index is 2.21. The number of benzene rings is 2. The smallest absolute Gasteiger partial charge is 0.264 e. The van der Waals surface area contributed by atoms with Crippen LogP contribution in [0.3, 0.4) is 0 Å². The molecule has 0 aliphatic carbocycles. The van der Waals surface area contributed by atoms with Crippen LogP contribution in [-0.4, -0.2) is 18.0 Å². The standard InChI is InChI=1S/C14H9Cl2FO3/c15-9-2-1-3-10(16)13(9)8-4-7(17)5-11-14(8)20-12(6-18)19-11/h1-5,12,18H,6H2. The average molecular weight is 315 g/mol. The van der Waals surface area contributed by atoms with Crippen LogP contribution in [0.2, 0.25) is 10.0 Å². The van der Waals surface area contributed by atoms with Gasteiger partial charge in [0.25, 0.3) is 6.29 Å². The Hall–Kier alpha value is -1.49. The van der Waals surface area contributed by atoms with Crippen molar-refractivity contribution >= 4 is 23.2 Å². The third-order valence-corrected chi connectivity index (χ3v) is 3.54. The molecule has 1 aliphatic heterocycles. The molecule has 1 unspecified atom stereocenters. The maximum Gasteiger partial charge on any atom is 0.264 e. The van der Waals surface area contributed by atoms with E-state index >= 15 is 0 Å². The van der Waals surface area contributed by atoms with Crippen molar-refractivity contribution in [2.24, 2.45) is 0 Å². The topological polar surface area (TPSA) is 38.7 Å². The average Bonchev–Trinajstić information content (AvgIpc) is 2.81. The molecule has 3 rings (SSSR count). The number of hydrogen-bond donors (Lipinski definition) is 1. The molecule has 1 atom stereocenters. The Kier molecular flexibility index (Phi) is 3.46. The normalized spacial score (nSPS) is 16.5. The summed E-state index contributed by atoms with van der Waals surface area (Å²) in [5.74, 6) is 0.0346. The summed E-state index contributed by atoms with van der Waals surface area (Å²) in [7, 11) is 0. The fourth-order valence-corrected chi connectivity index (χ4v) is 2.69. The van der Waals surface area contributed by atoms with Gasteiger partial charge < -0.3 is 14.6 Å². The molecule has 1 aliphatic rings. The predicted octanol–water partition coefficient (Wildman–Crippen LogP) is 3.89. The van der Waals surface area contributed by atoms with E-state index < -0.39 is 12.1 Å². The van der Waals surface area contributed by atoms with Gasteiger partial charge in [0.05, 0.1) is 10.0 Å². The molecule has 0 amide bonds. The first-order valence-electron chi connectivity index (χ1n) is 5.82. The zero-order valence-corrected chi connectivity index (χ0v) is 11.6. The van der Waals surface area contributed by atoms with Crippen LogP contribution in [-0.2, 0) is 0 Å². The largest absolute Gasteiger partial charge is 0.448 e. The number of hydrogen-bond acceptors (Lipinski definition) is 3. The summed E-state index contributed by atoms with van der Waals surface area (Å²) in [5.41, 5.74) is 0.861. The van der Waals surface area contributed by atoms with E-state index in [1.165, 1.54) is 12.1 Å². The fourth-order valence-electron chi connectivity index (χ4n) is 2.09. The molecule has 2 aromatic rings. The molecular formula is C14H9Cl2FO3. The molecule has 0 saturated heterocycles. The van der Waals surface area contributed by atoms with Gasteiger partial charge in [-0.2, -0.15) is 0 Å². The molecule has 20 heavy (non-hydrogen) atoms. The molecule has 3 nitrogen and oxygen atoms in total. The number of fused-ring (bicyclic) bond motifs is 1. The molecule has 6 heteroatoms. The van der Waals surface area contributed by atoms with Gasteiger partial charge in [-0.1, -0.05) is 29.3 Å². The van der Waals surface area contributed by atoms with Crippen LogP contribution in [0.1, 0.15) is 0 Å². The third kappa shape index (κ3) is 2.20. The Bertz CT molecular complexity index is 655. The fraction of sp³-hybridized carbons (Fsp3) is 0.143. The Morgan fingerprint density at radius 2 is 1.85 bits per heavy atom. The van der Waals surface area contributed by atoms with Gasteiger partial charge in [0.15, 0.2) is 11.5 Å². The first kappa shape index (κ1) is 13.5. The van der Waals surface area contributed by atoms with Crippen molar-refractivity contribution in [3.05, 3.63) is 46.2 Å². The van der Waals surface area contributed by atoms with Crippen molar-refractivity contribution in [1.29, 1.82) is 0 Å². The molecule has 0 saturated carbocycles. The monoisotopic (exact) mass is 314 g/mol.